The van der Waals surface area contributed by atoms with Gasteiger partial charge in [-0.25, -0.2) is 0 Å². The fraction of sp³-hybridized carbons (Fsp3) is 0.571. The van der Waals surface area contributed by atoms with Gasteiger partial charge < -0.3 is 10.5 Å². The highest BCUT2D eigenvalue weighted by molar-refractivity contribution is 5.46. The Balaban J connectivity index is 2.28. The van der Waals surface area contributed by atoms with Crippen molar-refractivity contribution in [3.05, 3.63) is 29.8 Å². The standard InChI is InChI=1S/C14H21F3N2O/c1-2-19(8-5-9-20-11-14(15,16)17)10-12-6-3-4-7-13(12)18/h3-4,6-7H,2,5,8-11,18H2,1H3. The number of para-hydroxylation sites is 1. The minimum Gasteiger partial charge on any atom is -0.398 e. The molecule has 0 radical (unpaired) electrons. The molecular formula is C14H21F3N2O. The second-order valence-electron chi connectivity index (χ2n) is 4.59. The average Bonchev–Trinajstić information content (AvgIpc) is 2.38. The summed E-state index contributed by atoms with van der Waals surface area (Å²) >= 11 is 0. The minimum atomic E-state index is -4.25. The zero-order valence-corrected chi connectivity index (χ0v) is 11.6. The number of hydrogen-bond acceptors (Lipinski definition) is 3. The van der Waals surface area contributed by atoms with Crippen LogP contribution >= 0.6 is 0 Å². The van der Waals surface area contributed by atoms with Crippen LogP contribution in [0.5, 0.6) is 0 Å². The molecule has 0 amide bonds. The van der Waals surface area contributed by atoms with Crippen LogP contribution in [0.4, 0.5) is 18.9 Å². The van der Waals surface area contributed by atoms with Crippen LogP contribution in [0, 0.1) is 0 Å². The van der Waals surface area contributed by atoms with Crippen LogP contribution < -0.4 is 5.73 Å². The van der Waals surface area contributed by atoms with Gasteiger partial charge >= 0.3 is 6.18 Å². The number of hydrogen-bond donors (Lipinski definition) is 1. The molecule has 1 rings (SSSR count). The van der Waals surface area contributed by atoms with E-state index >= 15 is 0 Å². The van der Waals surface area contributed by atoms with E-state index in [2.05, 4.69) is 9.64 Å². The van der Waals surface area contributed by atoms with Crippen molar-refractivity contribution < 1.29 is 17.9 Å². The van der Waals surface area contributed by atoms with Crippen molar-refractivity contribution in [3.8, 4) is 0 Å². The maximum Gasteiger partial charge on any atom is 0.411 e. The van der Waals surface area contributed by atoms with Gasteiger partial charge in [-0.1, -0.05) is 25.1 Å². The number of rotatable bonds is 8. The summed E-state index contributed by atoms with van der Waals surface area (Å²) in [7, 11) is 0. The minimum absolute atomic E-state index is 0.111. The van der Waals surface area contributed by atoms with E-state index in [9.17, 15) is 13.2 Å². The van der Waals surface area contributed by atoms with Gasteiger partial charge in [-0.05, 0) is 24.6 Å². The van der Waals surface area contributed by atoms with Crippen molar-refractivity contribution in [2.45, 2.75) is 26.1 Å². The molecule has 0 spiro atoms. The molecule has 0 saturated heterocycles. The Morgan fingerprint density at radius 3 is 2.55 bits per heavy atom. The number of alkyl halides is 3. The molecule has 0 aliphatic heterocycles. The van der Waals surface area contributed by atoms with Gasteiger partial charge in [0.25, 0.3) is 0 Å². The van der Waals surface area contributed by atoms with Gasteiger partial charge in [0, 0.05) is 25.4 Å². The summed E-state index contributed by atoms with van der Waals surface area (Å²) < 4.78 is 40.3. The highest BCUT2D eigenvalue weighted by Gasteiger charge is 2.27. The topological polar surface area (TPSA) is 38.5 Å². The highest BCUT2D eigenvalue weighted by atomic mass is 19.4. The number of nitrogens with zero attached hydrogens (tertiary/aromatic N) is 1. The first-order chi connectivity index (χ1) is 9.42. The summed E-state index contributed by atoms with van der Waals surface area (Å²) in [5.41, 5.74) is 7.64. The van der Waals surface area contributed by atoms with E-state index in [-0.39, 0.29) is 6.61 Å². The molecule has 0 aromatic heterocycles. The zero-order valence-electron chi connectivity index (χ0n) is 11.6. The number of halogens is 3. The molecule has 0 heterocycles. The van der Waals surface area contributed by atoms with E-state index < -0.39 is 12.8 Å². The molecule has 0 saturated carbocycles. The maximum absolute atomic E-state index is 11.9. The lowest BCUT2D eigenvalue weighted by Gasteiger charge is -2.21. The Kier molecular flexibility index (Phi) is 6.81. The first kappa shape index (κ1) is 16.8. The van der Waals surface area contributed by atoms with E-state index in [1.807, 2.05) is 31.2 Å². The predicted molar refractivity (Wildman–Crippen MR) is 73.3 cm³/mol. The Morgan fingerprint density at radius 1 is 1.25 bits per heavy atom. The van der Waals surface area contributed by atoms with Crippen LogP contribution in [0.1, 0.15) is 18.9 Å². The lowest BCUT2D eigenvalue weighted by atomic mass is 10.1. The molecule has 1 aromatic rings. The van der Waals surface area contributed by atoms with Crippen LogP contribution in [-0.4, -0.2) is 37.4 Å². The molecule has 2 N–H and O–H groups in total. The number of anilines is 1. The monoisotopic (exact) mass is 290 g/mol. The van der Waals surface area contributed by atoms with E-state index in [0.29, 0.717) is 19.5 Å². The van der Waals surface area contributed by atoms with Gasteiger partial charge in [-0.3, -0.25) is 4.90 Å². The Morgan fingerprint density at radius 2 is 1.95 bits per heavy atom. The highest BCUT2D eigenvalue weighted by Crippen LogP contribution is 2.15. The van der Waals surface area contributed by atoms with E-state index in [4.69, 9.17) is 5.73 Å². The van der Waals surface area contributed by atoms with E-state index in [1.165, 1.54) is 0 Å². The fourth-order valence-electron chi connectivity index (χ4n) is 1.85. The third kappa shape index (κ3) is 6.77. The van der Waals surface area contributed by atoms with Crippen molar-refractivity contribution in [1.29, 1.82) is 0 Å². The smallest absolute Gasteiger partial charge is 0.398 e. The number of benzene rings is 1. The molecule has 3 nitrogen and oxygen atoms in total. The largest absolute Gasteiger partial charge is 0.411 e. The molecule has 0 bridgehead atoms. The normalized spacial score (nSPS) is 12.1. The number of nitrogen functional groups attached to an aromatic ring is 1. The molecule has 20 heavy (non-hydrogen) atoms. The first-order valence-electron chi connectivity index (χ1n) is 6.62. The molecule has 0 atom stereocenters. The van der Waals surface area contributed by atoms with Crippen molar-refractivity contribution in [1.82, 2.24) is 4.90 Å². The van der Waals surface area contributed by atoms with Crippen LogP contribution in [-0.2, 0) is 11.3 Å². The van der Waals surface area contributed by atoms with Gasteiger partial charge in [0.05, 0.1) is 0 Å². The summed E-state index contributed by atoms with van der Waals surface area (Å²) in [6.45, 7) is 3.14. The number of nitrogens with two attached hydrogens (primary N) is 1. The van der Waals surface area contributed by atoms with Gasteiger partial charge in [-0.2, -0.15) is 13.2 Å². The second kappa shape index (κ2) is 8.11. The van der Waals surface area contributed by atoms with Gasteiger partial charge in [0.1, 0.15) is 6.61 Å². The van der Waals surface area contributed by atoms with Crippen LogP contribution in [0.25, 0.3) is 0 Å². The Bertz CT molecular complexity index is 396. The molecule has 6 heteroatoms. The van der Waals surface area contributed by atoms with Crippen molar-refractivity contribution in [3.63, 3.8) is 0 Å². The second-order valence-corrected chi connectivity index (χ2v) is 4.59. The zero-order chi connectivity index (χ0) is 15.0. The van der Waals surface area contributed by atoms with Gasteiger partial charge in [-0.15, -0.1) is 0 Å². The summed E-state index contributed by atoms with van der Waals surface area (Å²) in [4.78, 5) is 2.13. The fourth-order valence-corrected chi connectivity index (χ4v) is 1.85. The third-order valence-electron chi connectivity index (χ3n) is 2.93. The first-order valence-corrected chi connectivity index (χ1v) is 6.62. The summed E-state index contributed by atoms with van der Waals surface area (Å²) in [6.07, 6.45) is -3.68. The molecular weight excluding hydrogens is 269 g/mol. The molecule has 0 aliphatic rings. The van der Waals surface area contributed by atoms with Crippen LogP contribution in [0.3, 0.4) is 0 Å². The van der Waals surface area contributed by atoms with E-state index in [1.54, 1.807) is 0 Å². The molecule has 114 valence electrons. The average molecular weight is 290 g/mol. The number of ether oxygens (including phenoxy) is 1. The Hall–Kier alpha value is -1.27. The molecule has 0 fully saturated rings. The lowest BCUT2D eigenvalue weighted by molar-refractivity contribution is -0.174. The molecule has 0 unspecified atom stereocenters. The summed E-state index contributed by atoms with van der Waals surface area (Å²) in [5.74, 6) is 0. The van der Waals surface area contributed by atoms with Gasteiger partial charge in [0.15, 0.2) is 0 Å². The predicted octanol–water partition coefficient (Wildman–Crippen LogP) is 3.06. The quantitative estimate of drug-likeness (QED) is 0.591. The van der Waals surface area contributed by atoms with Crippen LogP contribution in [0.15, 0.2) is 24.3 Å². The van der Waals surface area contributed by atoms with Gasteiger partial charge in [0.2, 0.25) is 0 Å². The molecule has 1 aromatic carbocycles. The van der Waals surface area contributed by atoms with E-state index in [0.717, 1.165) is 17.8 Å². The van der Waals surface area contributed by atoms with Crippen LogP contribution in [0.2, 0.25) is 0 Å². The third-order valence-corrected chi connectivity index (χ3v) is 2.93. The molecule has 0 aliphatic carbocycles. The van der Waals surface area contributed by atoms with Crippen molar-refractivity contribution in [2.24, 2.45) is 0 Å². The summed E-state index contributed by atoms with van der Waals surface area (Å²) in [5, 5.41) is 0. The van der Waals surface area contributed by atoms with Crippen molar-refractivity contribution in [2.75, 3.05) is 32.0 Å². The maximum atomic E-state index is 11.9. The van der Waals surface area contributed by atoms with Crippen molar-refractivity contribution >= 4 is 5.69 Å². The summed E-state index contributed by atoms with van der Waals surface area (Å²) in [6, 6.07) is 7.60. The lowest BCUT2D eigenvalue weighted by Crippen LogP contribution is -2.26. The Labute approximate surface area is 117 Å². The SMILES string of the molecule is CCN(CCCOCC(F)(F)F)Cc1ccccc1N.